The lowest BCUT2D eigenvalue weighted by Crippen LogP contribution is -2.38. The Morgan fingerprint density at radius 3 is 2.92 bits per heavy atom. The second kappa shape index (κ2) is 5.89. The van der Waals surface area contributed by atoms with Gasteiger partial charge in [-0.15, -0.1) is 0 Å². The molecular weight excluding hydrogens is 180 g/mol. The molecule has 0 radical (unpaired) electrons. The molecule has 0 saturated heterocycles. The van der Waals surface area contributed by atoms with Gasteiger partial charge >= 0.3 is 0 Å². The first kappa shape index (κ1) is 11.3. The third kappa shape index (κ3) is 3.49. The third-order valence-corrected chi connectivity index (χ3v) is 4.00. The summed E-state index contributed by atoms with van der Waals surface area (Å²) in [6, 6.07) is 0.694. The van der Waals surface area contributed by atoms with E-state index >= 15 is 0 Å². The number of hydrogen-bond acceptors (Lipinski definition) is 3. The van der Waals surface area contributed by atoms with Crippen molar-refractivity contribution in [2.45, 2.75) is 37.5 Å². The van der Waals surface area contributed by atoms with Crippen molar-refractivity contribution in [3.63, 3.8) is 0 Å². The molecule has 0 aliphatic heterocycles. The predicted octanol–water partition coefficient (Wildman–Crippen LogP) is 1.45. The Balaban J connectivity index is 2.19. The van der Waals surface area contributed by atoms with Gasteiger partial charge in [-0.2, -0.15) is 11.8 Å². The van der Waals surface area contributed by atoms with E-state index in [9.17, 15) is 0 Å². The molecule has 3 heteroatoms. The van der Waals surface area contributed by atoms with Crippen LogP contribution in [-0.4, -0.2) is 30.6 Å². The molecule has 13 heavy (non-hydrogen) atoms. The molecule has 1 rings (SSSR count). The summed E-state index contributed by atoms with van der Waals surface area (Å²) in [4.78, 5) is 0. The molecule has 0 amide bonds. The Morgan fingerprint density at radius 2 is 2.31 bits per heavy atom. The van der Waals surface area contributed by atoms with Crippen LogP contribution in [0.25, 0.3) is 0 Å². The maximum atomic E-state index is 5.72. The molecule has 0 bridgehead atoms. The normalized spacial score (nSPS) is 30.7. The molecule has 3 unspecified atom stereocenters. The lowest BCUT2D eigenvalue weighted by molar-refractivity contribution is 0.410. The van der Waals surface area contributed by atoms with Crippen molar-refractivity contribution >= 4 is 11.8 Å². The van der Waals surface area contributed by atoms with E-state index in [1.165, 1.54) is 19.3 Å². The minimum atomic E-state index is 0.694. The van der Waals surface area contributed by atoms with Gasteiger partial charge in [0, 0.05) is 17.8 Å². The molecular formula is C10H22N2S. The molecule has 3 atom stereocenters. The van der Waals surface area contributed by atoms with Crippen molar-refractivity contribution in [2.24, 2.45) is 11.7 Å². The zero-order valence-corrected chi connectivity index (χ0v) is 9.57. The van der Waals surface area contributed by atoms with E-state index < -0.39 is 0 Å². The van der Waals surface area contributed by atoms with E-state index in [0.29, 0.717) is 6.04 Å². The van der Waals surface area contributed by atoms with Gasteiger partial charge in [-0.05, 0) is 31.6 Å². The summed E-state index contributed by atoms with van der Waals surface area (Å²) < 4.78 is 0. The van der Waals surface area contributed by atoms with E-state index in [-0.39, 0.29) is 0 Å². The number of nitrogens with one attached hydrogen (secondary N) is 1. The number of rotatable bonds is 5. The van der Waals surface area contributed by atoms with Crippen LogP contribution in [0.3, 0.4) is 0 Å². The van der Waals surface area contributed by atoms with Gasteiger partial charge in [0.25, 0.3) is 0 Å². The molecule has 1 saturated carbocycles. The summed E-state index contributed by atoms with van der Waals surface area (Å²) in [6.45, 7) is 4.25. The van der Waals surface area contributed by atoms with Crippen molar-refractivity contribution in [3.05, 3.63) is 0 Å². The fraction of sp³-hybridized carbons (Fsp3) is 1.00. The van der Waals surface area contributed by atoms with Gasteiger partial charge < -0.3 is 11.1 Å². The van der Waals surface area contributed by atoms with Gasteiger partial charge in [0.2, 0.25) is 0 Å². The van der Waals surface area contributed by atoms with Crippen LogP contribution in [0.1, 0.15) is 26.2 Å². The number of thioether (sulfide) groups is 1. The maximum Gasteiger partial charge on any atom is 0.0141 e. The summed E-state index contributed by atoms with van der Waals surface area (Å²) in [5.74, 6) is 0.731. The first-order chi connectivity index (χ1) is 6.27. The van der Waals surface area contributed by atoms with Crippen molar-refractivity contribution in [1.82, 2.24) is 5.32 Å². The Morgan fingerprint density at radius 1 is 1.54 bits per heavy atom. The fourth-order valence-electron chi connectivity index (χ4n) is 1.99. The predicted molar refractivity (Wildman–Crippen MR) is 61.2 cm³/mol. The quantitative estimate of drug-likeness (QED) is 0.709. The highest BCUT2D eigenvalue weighted by Gasteiger charge is 2.25. The minimum Gasteiger partial charge on any atom is -0.330 e. The molecule has 2 nitrogen and oxygen atoms in total. The molecule has 0 aromatic carbocycles. The highest BCUT2D eigenvalue weighted by Crippen LogP contribution is 2.24. The average Bonchev–Trinajstić information content (AvgIpc) is 2.61. The van der Waals surface area contributed by atoms with Crippen molar-refractivity contribution in [2.75, 3.05) is 19.3 Å². The summed E-state index contributed by atoms with van der Waals surface area (Å²) in [6.07, 6.45) is 6.17. The van der Waals surface area contributed by atoms with Crippen LogP contribution in [0.5, 0.6) is 0 Å². The van der Waals surface area contributed by atoms with E-state index in [0.717, 1.165) is 24.3 Å². The smallest absolute Gasteiger partial charge is 0.0141 e. The van der Waals surface area contributed by atoms with Crippen LogP contribution in [0, 0.1) is 5.92 Å². The van der Waals surface area contributed by atoms with Crippen molar-refractivity contribution in [1.29, 1.82) is 0 Å². The topological polar surface area (TPSA) is 38.0 Å². The Kier molecular flexibility index (Phi) is 5.14. The van der Waals surface area contributed by atoms with Crippen LogP contribution in [0.15, 0.2) is 0 Å². The second-order valence-electron chi connectivity index (χ2n) is 3.99. The SMILES string of the molecule is CSC(C)CNC1CCCC1CN. The third-order valence-electron chi connectivity index (χ3n) is 3.03. The zero-order valence-electron chi connectivity index (χ0n) is 8.75. The molecule has 0 aromatic heterocycles. The molecule has 1 aliphatic rings. The van der Waals surface area contributed by atoms with Gasteiger partial charge in [-0.3, -0.25) is 0 Å². The van der Waals surface area contributed by atoms with Gasteiger partial charge in [-0.25, -0.2) is 0 Å². The Bertz CT molecular complexity index is 141. The first-order valence-electron chi connectivity index (χ1n) is 5.24. The van der Waals surface area contributed by atoms with E-state index in [1.807, 2.05) is 11.8 Å². The van der Waals surface area contributed by atoms with E-state index in [2.05, 4.69) is 18.5 Å². The monoisotopic (exact) mass is 202 g/mol. The zero-order chi connectivity index (χ0) is 9.68. The fourth-order valence-corrected chi connectivity index (χ4v) is 2.25. The highest BCUT2D eigenvalue weighted by molar-refractivity contribution is 7.99. The van der Waals surface area contributed by atoms with E-state index in [4.69, 9.17) is 5.73 Å². The largest absolute Gasteiger partial charge is 0.330 e. The lowest BCUT2D eigenvalue weighted by atomic mass is 10.0. The summed E-state index contributed by atoms with van der Waals surface area (Å²) >= 11 is 1.92. The Hall–Kier alpha value is 0.270. The highest BCUT2D eigenvalue weighted by atomic mass is 32.2. The number of nitrogens with two attached hydrogens (primary N) is 1. The number of hydrogen-bond donors (Lipinski definition) is 2. The lowest BCUT2D eigenvalue weighted by Gasteiger charge is -2.21. The van der Waals surface area contributed by atoms with Crippen molar-refractivity contribution in [3.8, 4) is 0 Å². The molecule has 0 spiro atoms. The van der Waals surface area contributed by atoms with Gasteiger partial charge in [0.15, 0.2) is 0 Å². The van der Waals surface area contributed by atoms with Gasteiger partial charge in [0.1, 0.15) is 0 Å². The van der Waals surface area contributed by atoms with Gasteiger partial charge in [0.05, 0.1) is 0 Å². The van der Waals surface area contributed by atoms with Crippen LogP contribution in [0.4, 0.5) is 0 Å². The van der Waals surface area contributed by atoms with Crippen LogP contribution in [-0.2, 0) is 0 Å². The molecule has 1 fully saturated rings. The molecule has 0 aromatic rings. The van der Waals surface area contributed by atoms with Gasteiger partial charge in [-0.1, -0.05) is 13.3 Å². The summed E-state index contributed by atoms with van der Waals surface area (Å²) in [5.41, 5.74) is 5.72. The molecule has 78 valence electrons. The second-order valence-corrected chi connectivity index (χ2v) is 5.26. The minimum absolute atomic E-state index is 0.694. The van der Waals surface area contributed by atoms with E-state index in [1.54, 1.807) is 0 Å². The summed E-state index contributed by atoms with van der Waals surface area (Å²) in [7, 11) is 0. The van der Waals surface area contributed by atoms with Crippen molar-refractivity contribution < 1.29 is 0 Å². The van der Waals surface area contributed by atoms with Crippen LogP contribution < -0.4 is 11.1 Å². The Labute approximate surface area is 86.0 Å². The first-order valence-corrected chi connectivity index (χ1v) is 6.53. The summed E-state index contributed by atoms with van der Waals surface area (Å²) in [5, 5.41) is 4.35. The maximum absolute atomic E-state index is 5.72. The molecule has 0 heterocycles. The standard InChI is InChI=1S/C10H22N2S/c1-8(13-2)7-12-10-5-3-4-9(10)6-11/h8-10,12H,3-7,11H2,1-2H3. The average molecular weight is 202 g/mol. The van der Waals surface area contributed by atoms with Crippen LogP contribution in [0.2, 0.25) is 0 Å². The molecule has 1 aliphatic carbocycles. The van der Waals surface area contributed by atoms with Crippen LogP contribution >= 0.6 is 11.8 Å². The molecule has 3 N–H and O–H groups in total.